The normalized spacial score (nSPS) is 19.3. The molecule has 0 bridgehead atoms. The predicted octanol–water partition coefficient (Wildman–Crippen LogP) is 2.32. The summed E-state index contributed by atoms with van der Waals surface area (Å²) in [5.41, 5.74) is 4.68. The van der Waals surface area contributed by atoms with Crippen molar-refractivity contribution in [3.8, 4) is 11.1 Å². The van der Waals surface area contributed by atoms with Crippen molar-refractivity contribution in [1.29, 1.82) is 0 Å². The van der Waals surface area contributed by atoms with Crippen LogP contribution in [0, 0.1) is 0 Å². The second-order valence-electron chi connectivity index (χ2n) is 5.93. The third kappa shape index (κ3) is 2.37. The lowest BCUT2D eigenvalue weighted by atomic mass is 9.91. The molecule has 1 atom stereocenters. The lowest BCUT2D eigenvalue weighted by molar-refractivity contribution is -0.109. The molecule has 0 amide bonds. The number of aliphatic hydroxyl groups is 1. The van der Waals surface area contributed by atoms with Gasteiger partial charge in [-0.25, -0.2) is 0 Å². The lowest BCUT2D eigenvalue weighted by Crippen LogP contribution is -2.32. The van der Waals surface area contributed by atoms with Crippen LogP contribution in [0.1, 0.15) is 36.6 Å². The Morgan fingerprint density at radius 3 is 2.81 bits per heavy atom. The number of rotatable bonds is 3. The van der Waals surface area contributed by atoms with E-state index in [0.717, 1.165) is 34.1 Å². The van der Waals surface area contributed by atoms with E-state index in [9.17, 15) is 9.90 Å². The molecule has 0 saturated heterocycles. The van der Waals surface area contributed by atoms with Gasteiger partial charge in [0.25, 0.3) is 0 Å². The van der Waals surface area contributed by atoms with E-state index in [4.69, 9.17) is 0 Å². The first kappa shape index (κ1) is 13.9. The SMILES string of the molecule is CC1(C)NC(C=O)c2cc(-c3cncc(CO)c3)ccc21. The van der Waals surface area contributed by atoms with Crippen molar-refractivity contribution in [3.05, 3.63) is 53.3 Å². The summed E-state index contributed by atoms with van der Waals surface area (Å²) in [6, 6.07) is 7.77. The third-order valence-corrected chi connectivity index (χ3v) is 4.02. The second-order valence-corrected chi connectivity index (χ2v) is 5.93. The van der Waals surface area contributed by atoms with Crippen molar-refractivity contribution in [2.45, 2.75) is 32.0 Å². The number of aliphatic hydroxyl groups excluding tert-OH is 1. The highest BCUT2D eigenvalue weighted by atomic mass is 16.3. The van der Waals surface area contributed by atoms with Gasteiger partial charge in [0.1, 0.15) is 6.29 Å². The summed E-state index contributed by atoms with van der Waals surface area (Å²) < 4.78 is 0. The summed E-state index contributed by atoms with van der Waals surface area (Å²) in [5.74, 6) is 0. The molecule has 0 spiro atoms. The van der Waals surface area contributed by atoms with E-state index in [0.29, 0.717) is 0 Å². The number of hydrogen-bond donors (Lipinski definition) is 2. The zero-order valence-electron chi connectivity index (χ0n) is 12.1. The molecule has 0 radical (unpaired) electrons. The summed E-state index contributed by atoms with van der Waals surface area (Å²) in [7, 11) is 0. The van der Waals surface area contributed by atoms with Gasteiger partial charge in [0, 0.05) is 23.5 Å². The van der Waals surface area contributed by atoms with Crippen LogP contribution in [0.3, 0.4) is 0 Å². The van der Waals surface area contributed by atoms with Crippen molar-refractivity contribution < 1.29 is 9.90 Å². The average Bonchev–Trinajstić information content (AvgIpc) is 2.78. The molecule has 0 saturated carbocycles. The zero-order valence-corrected chi connectivity index (χ0v) is 12.1. The van der Waals surface area contributed by atoms with Crippen LogP contribution in [0.4, 0.5) is 0 Å². The van der Waals surface area contributed by atoms with Gasteiger partial charge in [-0.2, -0.15) is 0 Å². The van der Waals surface area contributed by atoms with Crippen molar-refractivity contribution in [1.82, 2.24) is 10.3 Å². The van der Waals surface area contributed by atoms with Crippen molar-refractivity contribution in [2.24, 2.45) is 0 Å². The van der Waals surface area contributed by atoms with E-state index < -0.39 is 0 Å². The Balaban J connectivity index is 2.09. The third-order valence-electron chi connectivity index (χ3n) is 4.02. The second kappa shape index (κ2) is 5.06. The van der Waals surface area contributed by atoms with E-state index in [1.165, 1.54) is 0 Å². The van der Waals surface area contributed by atoms with Crippen LogP contribution in [0.2, 0.25) is 0 Å². The molecule has 2 N–H and O–H groups in total. The van der Waals surface area contributed by atoms with Gasteiger partial charge < -0.3 is 9.90 Å². The standard InChI is InChI=1S/C17H18N2O2/c1-17(2)15-4-3-12(6-14(15)16(10-21)19-17)13-5-11(9-20)7-18-8-13/h3-8,10,16,19-20H,9H2,1-2H3. The number of nitrogens with one attached hydrogen (secondary N) is 1. The van der Waals surface area contributed by atoms with Gasteiger partial charge in [0.15, 0.2) is 0 Å². The molecule has 1 aliphatic heterocycles. The fraction of sp³-hybridized carbons (Fsp3) is 0.294. The molecule has 3 rings (SSSR count). The quantitative estimate of drug-likeness (QED) is 0.848. The number of nitrogens with zero attached hydrogens (tertiary/aromatic N) is 1. The molecule has 2 heterocycles. The van der Waals surface area contributed by atoms with E-state index in [1.54, 1.807) is 12.4 Å². The summed E-state index contributed by atoms with van der Waals surface area (Å²) in [4.78, 5) is 15.4. The van der Waals surface area contributed by atoms with E-state index in [1.807, 2.05) is 18.2 Å². The Labute approximate surface area is 123 Å². The Bertz CT molecular complexity index is 695. The van der Waals surface area contributed by atoms with Crippen molar-refractivity contribution >= 4 is 6.29 Å². The fourth-order valence-corrected chi connectivity index (χ4v) is 2.95. The first-order chi connectivity index (χ1) is 10.0. The van der Waals surface area contributed by atoms with Crippen LogP contribution in [-0.4, -0.2) is 16.4 Å². The Hall–Kier alpha value is -2.04. The topological polar surface area (TPSA) is 62.2 Å². The number of carbonyl (C=O) groups is 1. The molecule has 0 aliphatic carbocycles. The van der Waals surface area contributed by atoms with Crippen LogP contribution in [0.15, 0.2) is 36.7 Å². The van der Waals surface area contributed by atoms with Crippen LogP contribution in [-0.2, 0) is 16.9 Å². The highest BCUT2D eigenvalue weighted by Gasteiger charge is 2.35. The number of benzene rings is 1. The molecule has 0 fully saturated rings. The van der Waals surface area contributed by atoms with Crippen LogP contribution in [0.25, 0.3) is 11.1 Å². The maximum Gasteiger partial charge on any atom is 0.141 e. The van der Waals surface area contributed by atoms with Gasteiger partial charge in [-0.05, 0) is 48.2 Å². The molecule has 4 heteroatoms. The minimum Gasteiger partial charge on any atom is -0.392 e. The van der Waals surface area contributed by atoms with Crippen LogP contribution in [0.5, 0.6) is 0 Å². The van der Waals surface area contributed by atoms with E-state index >= 15 is 0 Å². The summed E-state index contributed by atoms with van der Waals surface area (Å²) in [6.07, 6.45) is 4.36. The maximum atomic E-state index is 11.3. The molecule has 2 aromatic rings. The summed E-state index contributed by atoms with van der Waals surface area (Å²) >= 11 is 0. The highest BCUT2D eigenvalue weighted by Crippen LogP contribution is 2.38. The molecule has 21 heavy (non-hydrogen) atoms. The maximum absolute atomic E-state index is 11.3. The first-order valence-electron chi connectivity index (χ1n) is 6.98. The zero-order chi connectivity index (χ0) is 15.0. The van der Waals surface area contributed by atoms with E-state index in [-0.39, 0.29) is 18.2 Å². The monoisotopic (exact) mass is 282 g/mol. The smallest absolute Gasteiger partial charge is 0.141 e. The van der Waals surface area contributed by atoms with Gasteiger partial charge in [-0.3, -0.25) is 10.3 Å². The van der Waals surface area contributed by atoms with Crippen LogP contribution >= 0.6 is 0 Å². The minimum absolute atomic E-state index is 0.0304. The van der Waals surface area contributed by atoms with Gasteiger partial charge >= 0.3 is 0 Å². The number of aldehydes is 1. The van der Waals surface area contributed by atoms with Crippen molar-refractivity contribution in [2.75, 3.05) is 0 Å². The highest BCUT2D eigenvalue weighted by molar-refractivity contribution is 5.71. The molecular weight excluding hydrogens is 264 g/mol. The fourth-order valence-electron chi connectivity index (χ4n) is 2.95. The average molecular weight is 282 g/mol. The number of aromatic nitrogens is 1. The van der Waals surface area contributed by atoms with Crippen LogP contribution < -0.4 is 5.32 Å². The lowest BCUT2D eigenvalue weighted by Gasteiger charge is -2.20. The van der Waals surface area contributed by atoms with Crippen molar-refractivity contribution in [3.63, 3.8) is 0 Å². The van der Waals surface area contributed by atoms with Gasteiger partial charge in [-0.15, -0.1) is 0 Å². The summed E-state index contributed by atoms with van der Waals surface area (Å²) in [6.45, 7) is 4.11. The number of hydrogen-bond acceptors (Lipinski definition) is 4. The largest absolute Gasteiger partial charge is 0.392 e. The Kier molecular flexibility index (Phi) is 3.35. The molecule has 1 aromatic carbocycles. The number of carbonyl (C=O) groups excluding carboxylic acids is 1. The molecular formula is C17H18N2O2. The molecule has 1 aromatic heterocycles. The first-order valence-corrected chi connectivity index (χ1v) is 6.98. The molecule has 1 unspecified atom stereocenters. The number of fused-ring (bicyclic) bond motifs is 1. The Morgan fingerprint density at radius 2 is 2.10 bits per heavy atom. The minimum atomic E-state index is -0.274. The van der Waals surface area contributed by atoms with Gasteiger partial charge in [0.2, 0.25) is 0 Å². The van der Waals surface area contributed by atoms with Gasteiger partial charge in [-0.1, -0.05) is 12.1 Å². The summed E-state index contributed by atoms with van der Waals surface area (Å²) in [5, 5.41) is 12.5. The predicted molar refractivity (Wildman–Crippen MR) is 80.6 cm³/mol. The number of pyridine rings is 1. The molecule has 1 aliphatic rings. The Morgan fingerprint density at radius 1 is 1.29 bits per heavy atom. The molecule has 108 valence electrons. The molecule has 4 nitrogen and oxygen atoms in total. The van der Waals surface area contributed by atoms with Gasteiger partial charge in [0.05, 0.1) is 12.6 Å². The van der Waals surface area contributed by atoms with E-state index in [2.05, 4.69) is 30.2 Å².